The van der Waals surface area contributed by atoms with Crippen LogP contribution in [0.2, 0.25) is 0 Å². The predicted molar refractivity (Wildman–Crippen MR) is 78.2 cm³/mol. The molecule has 3 nitrogen and oxygen atoms in total. The van der Waals surface area contributed by atoms with Gasteiger partial charge in [-0.25, -0.2) is 4.39 Å². The number of nitrogens with zero attached hydrogens (tertiary/aromatic N) is 2. The summed E-state index contributed by atoms with van der Waals surface area (Å²) in [7, 11) is 4.18. The van der Waals surface area contributed by atoms with E-state index in [1.54, 1.807) is 12.1 Å². The summed E-state index contributed by atoms with van der Waals surface area (Å²) in [6, 6.07) is 7.24. The molecule has 1 aromatic rings. The van der Waals surface area contributed by atoms with Crippen LogP contribution in [0, 0.1) is 5.82 Å². The SMILES string of the molecule is CN(C)CC1CNCC(C)(C)N1c1ccc(F)cc1. The number of halogens is 1. The molecule has 4 heteroatoms. The molecule has 1 aliphatic heterocycles. The Hall–Kier alpha value is -1.13. The molecule has 1 aromatic carbocycles. The van der Waals surface area contributed by atoms with Crippen LogP contribution < -0.4 is 10.2 Å². The van der Waals surface area contributed by atoms with Gasteiger partial charge in [0.1, 0.15) is 5.82 Å². The van der Waals surface area contributed by atoms with Gasteiger partial charge < -0.3 is 15.1 Å². The number of piperazine rings is 1. The smallest absolute Gasteiger partial charge is 0.123 e. The lowest BCUT2D eigenvalue weighted by Gasteiger charge is -2.50. The number of rotatable bonds is 3. The van der Waals surface area contributed by atoms with Crippen LogP contribution in [-0.2, 0) is 0 Å². The van der Waals surface area contributed by atoms with Gasteiger partial charge in [-0.05, 0) is 52.2 Å². The number of nitrogens with one attached hydrogen (secondary N) is 1. The van der Waals surface area contributed by atoms with Crippen molar-refractivity contribution in [2.24, 2.45) is 0 Å². The van der Waals surface area contributed by atoms with Crippen LogP contribution in [0.15, 0.2) is 24.3 Å². The van der Waals surface area contributed by atoms with Crippen molar-refractivity contribution in [3.8, 4) is 0 Å². The predicted octanol–water partition coefficient (Wildman–Crippen LogP) is 1.94. The molecule has 0 aromatic heterocycles. The summed E-state index contributed by atoms with van der Waals surface area (Å²) >= 11 is 0. The molecule has 1 heterocycles. The third-order valence-electron chi connectivity index (χ3n) is 3.64. The quantitative estimate of drug-likeness (QED) is 0.901. The molecule has 1 N–H and O–H groups in total. The normalized spacial score (nSPS) is 22.8. The largest absolute Gasteiger partial charge is 0.360 e. The molecule has 0 amide bonds. The Bertz CT molecular complexity index is 414. The summed E-state index contributed by atoms with van der Waals surface area (Å²) in [5.41, 5.74) is 1.12. The lowest BCUT2D eigenvalue weighted by molar-refractivity contribution is 0.271. The maximum Gasteiger partial charge on any atom is 0.123 e. The lowest BCUT2D eigenvalue weighted by Crippen LogP contribution is -2.65. The van der Waals surface area contributed by atoms with Gasteiger partial charge in [-0.15, -0.1) is 0 Å². The van der Waals surface area contributed by atoms with E-state index < -0.39 is 0 Å². The summed E-state index contributed by atoms with van der Waals surface area (Å²) in [4.78, 5) is 4.62. The van der Waals surface area contributed by atoms with Crippen LogP contribution in [0.3, 0.4) is 0 Å². The zero-order chi connectivity index (χ0) is 14.0. The molecule has 0 saturated carbocycles. The Balaban J connectivity index is 2.30. The highest BCUT2D eigenvalue weighted by Crippen LogP contribution is 2.29. The minimum absolute atomic E-state index is 0.0246. The second-order valence-electron chi connectivity index (χ2n) is 6.21. The molecule has 19 heavy (non-hydrogen) atoms. The highest BCUT2D eigenvalue weighted by molar-refractivity contribution is 5.51. The van der Waals surface area contributed by atoms with Gasteiger partial charge in [0, 0.05) is 30.9 Å². The van der Waals surface area contributed by atoms with Crippen molar-refractivity contribution in [3.05, 3.63) is 30.1 Å². The van der Waals surface area contributed by atoms with E-state index in [4.69, 9.17) is 0 Å². The molecule has 0 bridgehead atoms. The van der Waals surface area contributed by atoms with Gasteiger partial charge in [0.15, 0.2) is 0 Å². The van der Waals surface area contributed by atoms with Crippen molar-refractivity contribution in [3.63, 3.8) is 0 Å². The Labute approximate surface area is 115 Å². The third-order valence-corrected chi connectivity index (χ3v) is 3.64. The fourth-order valence-corrected chi connectivity index (χ4v) is 2.95. The maximum atomic E-state index is 13.1. The molecule has 0 spiro atoms. The lowest BCUT2D eigenvalue weighted by atomic mass is 9.94. The zero-order valence-electron chi connectivity index (χ0n) is 12.3. The van der Waals surface area contributed by atoms with E-state index in [1.165, 1.54) is 0 Å². The van der Waals surface area contributed by atoms with E-state index in [0.717, 1.165) is 25.3 Å². The number of likely N-dealkylation sites (N-methyl/N-ethyl adjacent to an activating group) is 1. The van der Waals surface area contributed by atoms with Crippen LogP contribution in [0.5, 0.6) is 0 Å². The van der Waals surface area contributed by atoms with Crippen LogP contribution in [-0.4, -0.2) is 50.2 Å². The molecule has 1 fully saturated rings. The van der Waals surface area contributed by atoms with Crippen molar-refractivity contribution in [2.45, 2.75) is 25.4 Å². The van der Waals surface area contributed by atoms with E-state index in [-0.39, 0.29) is 11.4 Å². The van der Waals surface area contributed by atoms with Gasteiger partial charge in [-0.1, -0.05) is 0 Å². The summed E-state index contributed by atoms with van der Waals surface area (Å²) in [6.45, 7) is 7.33. The molecule has 1 atom stereocenters. The van der Waals surface area contributed by atoms with E-state index in [9.17, 15) is 4.39 Å². The Morgan fingerprint density at radius 2 is 1.95 bits per heavy atom. The highest BCUT2D eigenvalue weighted by Gasteiger charge is 2.36. The van der Waals surface area contributed by atoms with E-state index >= 15 is 0 Å². The molecular weight excluding hydrogens is 241 g/mol. The second-order valence-corrected chi connectivity index (χ2v) is 6.21. The van der Waals surface area contributed by atoms with Gasteiger partial charge in [-0.3, -0.25) is 0 Å². The fraction of sp³-hybridized carbons (Fsp3) is 0.600. The monoisotopic (exact) mass is 265 g/mol. The first-order valence-electron chi connectivity index (χ1n) is 6.80. The van der Waals surface area contributed by atoms with Gasteiger partial charge in [0.05, 0.1) is 6.04 Å². The first-order valence-corrected chi connectivity index (χ1v) is 6.80. The van der Waals surface area contributed by atoms with Crippen LogP contribution in [0.25, 0.3) is 0 Å². The van der Waals surface area contributed by atoms with Gasteiger partial charge in [0.2, 0.25) is 0 Å². The second kappa shape index (κ2) is 5.47. The van der Waals surface area contributed by atoms with Crippen molar-refractivity contribution in [1.29, 1.82) is 0 Å². The number of hydrogen-bond acceptors (Lipinski definition) is 3. The molecule has 106 valence electrons. The molecule has 0 radical (unpaired) electrons. The minimum atomic E-state index is -0.180. The Morgan fingerprint density at radius 3 is 2.53 bits per heavy atom. The van der Waals surface area contributed by atoms with Crippen LogP contribution in [0.1, 0.15) is 13.8 Å². The van der Waals surface area contributed by atoms with Crippen molar-refractivity contribution >= 4 is 5.69 Å². The number of hydrogen-bond donors (Lipinski definition) is 1. The Morgan fingerprint density at radius 1 is 1.32 bits per heavy atom. The Kier molecular flexibility index (Phi) is 4.11. The zero-order valence-corrected chi connectivity index (χ0v) is 12.3. The van der Waals surface area contributed by atoms with Gasteiger partial charge >= 0.3 is 0 Å². The minimum Gasteiger partial charge on any atom is -0.360 e. The fourth-order valence-electron chi connectivity index (χ4n) is 2.95. The van der Waals surface area contributed by atoms with Crippen molar-refractivity contribution < 1.29 is 4.39 Å². The van der Waals surface area contributed by atoms with Gasteiger partial charge in [-0.2, -0.15) is 0 Å². The third kappa shape index (κ3) is 3.25. The number of benzene rings is 1. The first kappa shape index (κ1) is 14.3. The van der Waals surface area contributed by atoms with Crippen molar-refractivity contribution in [1.82, 2.24) is 10.2 Å². The average Bonchev–Trinajstić information content (AvgIpc) is 2.29. The molecule has 1 aliphatic rings. The molecule has 0 aliphatic carbocycles. The van der Waals surface area contributed by atoms with E-state index in [0.29, 0.717) is 6.04 Å². The standard InChI is InChI=1S/C15H24FN3/c1-15(2)11-17-9-14(10-18(3)4)19(15)13-7-5-12(16)6-8-13/h5-8,14,17H,9-11H2,1-4H3. The summed E-state index contributed by atoms with van der Waals surface area (Å²) in [6.07, 6.45) is 0. The molecule has 1 unspecified atom stereocenters. The topological polar surface area (TPSA) is 18.5 Å². The van der Waals surface area contributed by atoms with E-state index in [2.05, 4.69) is 43.1 Å². The molecule has 1 saturated heterocycles. The highest BCUT2D eigenvalue weighted by atomic mass is 19.1. The van der Waals surface area contributed by atoms with Gasteiger partial charge in [0.25, 0.3) is 0 Å². The van der Waals surface area contributed by atoms with Crippen molar-refractivity contribution in [2.75, 3.05) is 38.6 Å². The summed E-state index contributed by atoms with van der Waals surface area (Å²) < 4.78 is 13.1. The van der Waals surface area contributed by atoms with Crippen LogP contribution >= 0.6 is 0 Å². The maximum absolute atomic E-state index is 13.1. The first-order chi connectivity index (χ1) is 8.90. The number of anilines is 1. The van der Waals surface area contributed by atoms with E-state index in [1.807, 2.05) is 12.1 Å². The summed E-state index contributed by atoms with van der Waals surface area (Å²) in [5, 5.41) is 3.50. The summed E-state index contributed by atoms with van der Waals surface area (Å²) in [5.74, 6) is -0.180. The molecular formula is C15H24FN3. The van der Waals surface area contributed by atoms with Crippen LogP contribution in [0.4, 0.5) is 10.1 Å². The molecule has 2 rings (SSSR count). The average molecular weight is 265 g/mol.